The number of aromatic nitrogens is 1. The zero-order chi connectivity index (χ0) is 18.0. The van der Waals surface area contributed by atoms with Crippen LogP contribution in [-0.2, 0) is 0 Å². The van der Waals surface area contributed by atoms with Gasteiger partial charge in [0.15, 0.2) is 0 Å². The van der Waals surface area contributed by atoms with Crippen LogP contribution >= 0.6 is 0 Å². The molecule has 2 aromatic rings. The van der Waals surface area contributed by atoms with Crippen molar-refractivity contribution in [3.63, 3.8) is 0 Å². The zero-order valence-corrected chi connectivity index (χ0v) is 15.1. The highest BCUT2D eigenvalue weighted by atomic mass is 16.2. The number of benzene rings is 1. The van der Waals surface area contributed by atoms with Crippen molar-refractivity contribution in [2.75, 3.05) is 26.2 Å². The summed E-state index contributed by atoms with van der Waals surface area (Å²) in [6, 6.07) is 5.90. The predicted octanol–water partition coefficient (Wildman–Crippen LogP) is 2.93. The summed E-state index contributed by atoms with van der Waals surface area (Å²) in [5, 5.41) is 0. The summed E-state index contributed by atoms with van der Waals surface area (Å²) in [6.45, 7) is 8.54. The fraction of sp³-hybridized carbons (Fsp3) is 0.400. The fourth-order valence-corrected chi connectivity index (χ4v) is 3.64. The first-order chi connectivity index (χ1) is 12.0. The van der Waals surface area contributed by atoms with Crippen LogP contribution in [-0.4, -0.2) is 52.8 Å². The van der Waals surface area contributed by atoms with E-state index in [1.165, 1.54) is 5.56 Å². The van der Waals surface area contributed by atoms with E-state index in [2.05, 4.69) is 17.1 Å². The van der Waals surface area contributed by atoms with Crippen LogP contribution in [0.3, 0.4) is 0 Å². The largest absolute Gasteiger partial charge is 0.367 e. The number of aryl methyl sites for hydroxylation is 3. The first-order valence-electron chi connectivity index (χ1n) is 8.76. The van der Waals surface area contributed by atoms with Gasteiger partial charge >= 0.3 is 0 Å². The number of aromatic amines is 1. The number of nitrogens with one attached hydrogen (secondary N) is 1. The van der Waals surface area contributed by atoms with E-state index in [4.69, 9.17) is 0 Å². The third-order valence-electron chi connectivity index (χ3n) is 4.81. The Hall–Kier alpha value is -2.56. The minimum absolute atomic E-state index is 0.0262. The van der Waals surface area contributed by atoms with Crippen molar-refractivity contribution < 1.29 is 9.59 Å². The molecular weight excluding hydrogens is 314 g/mol. The highest BCUT2D eigenvalue weighted by molar-refractivity contribution is 5.97. The Morgan fingerprint density at radius 1 is 0.920 bits per heavy atom. The molecule has 5 heteroatoms. The summed E-state index contributed by atoms with van der Waals surface area (Å²) in [7, 11) is 0. The number of nitrogens with zero attached hydrogens (tertiary/aromatic N) is 2. The second-order valence-electron chi connectivity index (χ2n) is 6.81. The number of hydrogen-bond donors (Lipinski definition) is 1. The summed E-state index contributed by atoms with van der Waals surface area (Å²) < 4.78 is 0. The average Bonchev–Trinajstić information content (AvgIpc) is 2.97. The van der Waals surface area contributed by atoms with E-state index < -0.39 is 0 Å². The normalized spacial score (nSPS) is 15.2. The topological polar surface area (TPSA) is 56.4 Å². The monoisotopic (exact) mass is 339 g/mol. The molecule has 3 rings (SSSR count). The molecule has 2 heterocycles. The van der Waals surface area contributed by atoms with Crippen molar-refractivity contribution in [1.82, 2.24) is 14.8 Å². The van der Waals surface area contributed by atoms with Crippen LogP contribution in [0.5, 0.6) is 0 Å². The molecule has 1 aliphatic heterocycles. The lowest BCUT2D eigenvalue weighted by molar-refractivity contribution is 0.0718. The van der Waals surface area contributed by atoms with E-state index in [0.717, 1.165) is 23.1 Å². The number of rotatable bonds is 2. The maximum absolute atomic E-state index is 13.0. The van der Waals surface area contributed by atoms with Gasteiger partial charge < -0.3 is 14.8 Å². The lowest BCUT2D eigenvalue weighted by Crippen LogP contribution is -2.37. The quantitative estimate of drug-likeness (QED) is 0.914. The van der Waals surface area contributed by atoms with Gasteiger partial charge in [0, 0.05) is 44.1 Å². The molecule has 5 nitrogen and oxygen atoms in total. The van der Waals surface area contributed by atoms with Gasteiger partial charge in [0.2, 0.25) is 0 Å². The van der Waals surface area contributed by atoms with Gasteiger partial charge in [-0.25, -0.2) is 0 Å². The van der Waals surface area contributed by atoms with Gasteiger partial charge in [0.25, 0.3) is 11.8 Å². The SMILES string of the molecule is Cc1cc(C)c(C(=O)N2CCCN(C(=O)c3cc[nH]c3)CC2)c(C)c1. The molecule has 0 radical (unpaired) electrons. The lowest BCUT2D eigenvalue weighted by atomic mass is 9.98. The van der Waals surface area contributed by atoms with Gasteiger partial charge in [0.05, 0.1) is 5.56 Å². The van der Waals surface area contributed by atoms with E-state index in [0.29, 0.717) is 31.7 Å². The number of H-pyrrole nitrogens is 1. The van der Waals surface area contributed by atoms with Crippen molar-refractivity contribution >= 4 is 11.8 Å². The number of amides is 2. The van der Waals surface area contributed by atoms with Crippen LogP contribution in [0.25, 0.3) is 0 Å². The van der Waals surface area contributed by atoms with Crippen LogP contribution in [0.1, 0.15) is 43.8 Å². The lowest BCUT2D eigenvalue weighted by Gasteiger charge is -2.23. The summed E-state index contributed by atoms with van der Waals surface area (Å²) in [6.07, 6.45) is 4.27. The second-order valence-corrected chi connectivity index (χ2v) is 6.81. The van der Waals surface area contributed by atoms with Crippen molar-refractivity contribution in [3.8, 4) is 0 Å². The molecule has 0 bridgehead atoms. The Labute approximate surface area is 148 Å². The van der Waals surface area contributed by atoms with Crippen LogP contribution in [0.4, 0.5) is 0 Å². The minimum atomic E-state index is 0.0262. The van der Waals surface area contributed by atoms with Crippen LogP contribution in [0.2, 0.25) is 0 Å². The second kappa shape index (κ2) is 7.13. The van der Waals surface area contributed by atoms with E-state index >= 15 is 0 Å². The van der Waals surface area contributed by atoms with Gasteiger partial charge in [-0.15, -0.1) is 0 Å². The summed E-state index contributed by atoms with van der Waals surface area (Å²) in [5.41, 5.74) is 4.69. The van der Waals surface area contributed by atoms with E-state index in [9.17, 15) is 9.59 Å². The minimum Gasteiger partial charge on any atom is -0.367 e. The molecule has 0 unspecified atom stereocenters. The van der Waals surface area contributed by atoms with Crippen molar-refractivity contribution in [2.45, 2.75) is 27.2 Å². The number of carbonyl (C=O) groups is 2. The van der Waals surface area contributed by atoms with Crippen molar-refractivity contribution in [1.29, 1.82) is 0 Å². The summed E-state index contributed by atoms with van der Waals surface area (Å²) >= 11 is 0. The van der Waals surface area contributed by atoms with Crippen molar-refractivity contribution in [2.24, 2.45) is 0 Å². The molecule has 1 aliphatic rings. The summed E-state index contributed by atoms with van der Waals surface area (Å²) in [5.74, 6) is 0.101. The highest BCUT2D eigenvalue weighted by Gasteiger charge is 2.25. The average molecular weight is 339 g/mol. The molecule has 1 saturated heterocycles. The van der Waals surface area contributed by atoms with Gasteiger partial charge in [-0.3, -0.25) is 9.59 Å². The van der Waals surface area contributed by atoms with E-state index in [1.807, 2.05) is 30.6 Å². The standard InChI is InChI=1S/C20H25N3O2/c1-14-11-15(2)18(16(3)12-14)20(25)23-8-4-7-22(9-10-23)19(24)17-5-6-21-13-17/h5-6,11-13,21H,4,7-10H2,1-3H3. The Morgan fingerprint density at radius 2 is 1.52 bits per heavy atom. The fourth-order valence-electron chi connectivity index (χ4n) is 3.64. The van der Waals surface area contributed by atoms with Crippen LogP contribution in [0.15, 0.2) is 30.6 Å². The van der Waals surface area contributed by atoms with Gasteiger partial charge in [-0.2, -0.15) is 0 Å². The molecule has 1 aromatic heterocycles. The molecule has 1 aromatic carbocycles. The number of hydrogen-bond acceptors (Lipinski definition) is 2. The maximum atomic E-state index is 13.0. The third kappa shape index (κ3) is 3.60. The molecule has 0 aliphatic carbocycles. The first kappa shape index (κ1) is 17.3. The van der Waals surface area contributed by atoms with Crippen LogP contribution in [0, 0.1) is 20.8 Å². The maximum Gasteiger partial charge on any atom is 0.255 e. The van der Waals surface area contributed by atoms with Crippen molar-refractivity contribution in [3.05, 3.63) is 58.4 Å². The Balaban J connectivity index is 1.73. The molecule has 25 heavy (non-hydrogen) atoms. The van der Waals surface area contributed by atoms with E-state index in [1.54, 1.807) is 18.5 Å². The number of carbonyl (C=O) groups excluding carboxylic acids is 2. The van der Waals surface area contributed by atoms with Crippen LogP contribution < -0.4 is 0 Å². The first-order valence-corrected chi connectivity index (χ1v) is 8.76. The molecule has 1 N–H and O–H groups in total. The molecule has 0 saturated carbocycles. The van der Waals surface area contributed by atoms with Gasteiger partial charge in [-0.05, 0) is 44.4 Å². The predicted molar refractivity (Wildman–Crippen MR) is 97.9 cm³/mol. The Kier molecular flexibility index (Phi) is 4.93. The highest BCUT2D eigenvalue weighted by Crippen LogP contribution is 2.20. The van der Waals surface area contributed by atoms with Gasteiger partial charge in [0.1, 0.15) is 0 Å². The molecule has 0 spiro atoms. The smallest absolute Gasteiger partial charge is 0.255 e. The molecular formula is C20H25N3O2. The van der Waals surface area contributed by atoms with Gasteiger partial charge in [-0.1, -0.05) is 17.7 Å². The Morgan fingerprint density at radius 3 is 2.08 bits per heavy atom. The van der Waals surface area contributed by atoms with E-state index in [-0.39, 0.29) is 11.8 Å². The molecule has 132 valence electrons. The zero-order valence-electron chi connectivity index (χ0n) is 15.1. The molecule has 0 atom stereocenters. The molecule has 1 fully saturated rings. The Bertz CT molecular complexity index is 757. The third-order valence-corrected chi connectivity index (χ3v) is 4.81. The molecule has 2 amide bonds. The summed E-state index contributed by atoms with van der Waals surface area (Å²) in [4.78, 5) is 32.2.